The predicted molar refractivity (Wildman–Crippen MR) is 80.3 cm³/mol. The molecule has 0 aliphatic rings. The van der Waals surface area contributed by atoms with Crippen LogP contribution in [0.3, 0.4) is 0 Å². The van der Waals surface area contributed by atoms with Crippen LogP contribution in [0.5, 0.6) is 0 Å². The van der Waals surface area contributed by atoms with Crippen molar-refractivity contribution in [2.24, 2.45) is 0 Å². The molecule has 1 N–H and O–H groups in total. The molecule has 3 rings (SSSR count). The number of nitrogens with zero attached hydrogens (tertiary/aromatic N) is 5. The normalized spacial score (nSPS) is 10.4. The molecule has 3 heterocycles. The second-order valence-electron chi connectivity index (χ2n) is 4.31. The fourth-order valence-electron chi connectivity index (χ4n) is 1.79. The Hall–Kier alpha value is -2.60. The molecule has 0 unspecified atom stereocenters. The molecule has 0 bridgehead atoms. The minimum atomic E-state index is 0.396. The summed E-state index contributed by atoms with van der Waals surface area (Å²) in [4.78, 5) is 20.7. The summed E-state index contributed by atoms with van der Waals surface area (Å²) < 4.78 is 0. The van der Waals surface area contributed by atoms with E-state index < -0.39 is 0 Å². The Balaban J connectivity index is 1.90. The minimum Gasteiger partial charge on any atom is -0.324 e. The molecule has 3 aromatic rings. The molecule has 0 spiro atoms. The standard InChI is InChI=1S/C14H11ClN6/c1-9-6-11(3-5-16-9)20-14-19-8-18-13(21-14)10-2-4-17-12(15)7-10/h2-8H,1H3,(H,16,18,19,20,21). The van der Waals surface area contributed by atoms with Crippen molar-refractivity contribution in [3.05, 3.63) is 53.8 Å². The van der Waals surface area contributed by atoms with Crippen molar-refractivity contribution in [1.29, 1.82) is 0 Å². The molecule has 0 aliphatic heterocycles. The summed E-state index contributed by atoms with van der Waals surface area (Å²) in [5.41, 5.74) is 2.56. The van der Waals surface area contributed by atoms with E-state index in [-0.39, 0.29) is 0 Å². The summed E-state index contributed by atoms with van der Waals surface area (Å²) in [7, 11) is 0. The van der Waals surface area contributed by atoms with Crippen LogP contribution < -0.4 is 5.32 Å². The van der Waals surface area contributed by atoms with E-state index in [9.17, 15) is 0 Å². The summed E-state index contributed by atoms with van der Waals surface area (Å²) in [6, 6.07) is 7.26. The number of aromatic nitrogens is 5. The Morgan fingerprint density at radius 1 is 1.00 bits per heavy atom. The number of hydrogen-bond donors (Lipinski definition) is 1. The van der Waals surface area contributed by atoms with Gasteiger partial charge in [-0.3, -0.25) is 4.98 Å². The average Bonchev–Trinajstić information content (AvgIpc) is 2.47. The highest BCUT2D eigenvalue weighted by Gasteiger charge is 2.05. The molecule has 3 aromatic heterocycles. The third-order valence-electron chi connectivity index (χ3n) is 2.71. The van der Waals surface area contributed by atoms with Crippen molar-refractivity contribution in [2.75, 3.05) is 5.32 Å². The van der Waals surface area contributed by atoms with E-state index in [1.54, 1.807) is 24.5 Å². The fourth-order valence-corrected chi connectivity index (χ4v) is 1.96. The molecular formula is C14H11ClN6. The van der Waals surface area contributed by atoms with Gasteiger partial charge in [-0.05, 0) is 31.2 Å². The first-order valence-electron chi connectivity index (χ1n) is 6.21. The maximum atomic E-state index is 5.88. The molecule has 104 valence electrons. The first-order valence-corrected chi connectivity index (χ1v) is 6.59. The van der Waals surface area contributed by atoms with E-state index in [0.717, 1.165) is 16.9 Å². The minimum absolute atomic E-state index is 0.396. The van der Waals surface area contributed by atoms with Gasteiger partial charge in [0.15, 0.2) is 5.82 Å². The predicted octanol–water partition coefficient (Wildman–Crippen LogP) is 3.03. The highest BCUT2D eigenvalue weighted by atomic mass is 35.5. The van der Waals surface area contributed by atoms with Crippen LogP contribution in [-0.4, -0.2) is 24.9 Å². The van der Waals surface area contributed by atoms with Crippen LogP contribution in [0.4, 0.5) is 11.6 Å². The van der Waals surface area contributed by atoms with Gasteiger partial charge >= 0.3 is 0 Å². The third kappa shape index (κ3) is 3.29. The quantitative estimate of drug-likeness (QED) is 0.749. The van der Waals surface area contributed by atoms with E-state index >= 15 is 0 Å². The number of halogens is 1. The summed E-state index contributed by atoms with van der Waals surface area (Å²) >= 11 is 5.88. The van der Waals surface area contributed by atoms with E-state index in [1.807, 2.05) is 19.1 Å². The maximum Gasteiger partial charge on any atom is 0.230 e. The first kappa shape index (κ1) is 13.4. The van der Waals surface area contributed by atoms with Crippen LogP contribution in [-0.2, 0) is 0 Å². The van der Waals surface area contributed by atoms with E-state index in [0.29, 0.717) is 16.9 Å². The van der Waals surface area contributed by atoms with Crippen LogP contribution >= 0.6 is 11.6 Å². The van der Waals surface area contributed by atoms with Gasteiger partial charge in [-0.25, -0.2) is 15.0 Å². The zero-order chi connectivity index (χ0) is 14.7. The smallest absolute Gasteiger partial charge is 0.230 e. The Morgan fingerprint density at radius 2 is 1.86 bits per heavy atom. The molecule has 0 fully saturated rings. The zero-order valence-electron chi connectivity index (χ0n) is 11.2. The Bertz CT molecular complexity index is 777. The molecule has 0 radical (unpaired) electrons. The zero-order valence-corrected chi connectivity index (χ0v) is 11.9. The van der Waals surface area contributed by atoms with Gasteiger partial charge in [0.2, 0.25) is 5.95 Å². The Kier molecular flexibility index (Phi) is 3.70. The lowest BCUT2D eigenvalue weighted by atomic mass is 10.2. The summed E-state index contributed by atoms with van der Waals surface area (Å²) in [6.45, 7) is 1.92. The Morgan fingerprint density at radius 3 is 2.67 bits per heavy atom. The highest BCUT2D eigenvalue weighted by molar-refractivity contribution is 6.29. The van der Waals surface area contributed by atoms with Crippen LogP contribution in [0.25, 0.3) is 11.4 Å². The summed E-state index contributed by atoms with van der Waals surface area (Å²) in [5, 5.41) is 3.51. The van der Waals surface area contributed by atoms with Crippen LogP contribution in [0.2, 0.25) is 5.15 Å². The van der Waals surface area contributed by atoms with Gasteiger partial charge in [-0.15, -0.1) is 0 Å². The molecule has 0 amide bonds. The summed E-state index contributed by atoms with van der Waals surface area (Å²) in [5.74, 6) is 0.987. The van der Waals surface area contributed by atoms with Crippen molar-refractivity contribution in [1.82, 2.24) is 24.9 Å². The van der Waals surface area contributed by atoms with Crippen LogP contribution in [0.1, 0.15) is 5.69 Å². The number of hydrogen-bond acceptors (Lipinski definition) is 6. The highest BCUT2D eigenvalue weighted by Crippen LogP contribution is 2.19. The molecule has 0 aromatic carbocycles. The second-order valence-corrected chi connectivity index (χ2v) is 4.70. The van der Waals surface area contributed by atoms with Crippen molar-refractivity contribution < 1.29 is 0 Å². The topological polar surface area (TPSA) is 76.5 Å². The first-order chi connectivity index (χ1) is 10.2. The molecule has 21 heavy (non-hydrogen) atoms. The van der Waals surface area contributed by atoms with Gasteiger partial charge in [0.1, 0.15) is 11.5 Å². The van der Waals surface area contributed by atoms with Crippen LogP contribution in [0, 0.1) is 6.92 Å². The van der Waals surface area contributed by atoms with Crippen molar-refractivity contribution in [3.63, 3.8) is 0 Å². The van der Waals surface area contributed by atoms with Gasteiger partial charge in [0.05, 0.1) is 0 Å². The number of rotatable bonds is 3. The number of aryl methyl sites for hydroxylation is 1. The monoisotopic (exact) mass is 298 g/mol. The number of pyridine rings is 2. The van der Waals surface area contributed by atoms with Gasteiger partial charge in [-0.1, -0.05) is 11.6 Å². The van der Waals surface area contributed by atoms with Crippen molar-refractivity contribution in [3.8, 4) is 11.4 Å². The lowest BCUT2D eigenvalue weighted by Crippen LogP contribution is -2.00. The molecular weight excluding hydrogens is 288 g/mol. The lowest BCUT2D eigenvalue weighted by molar-refractivity contribution is 1.06. The SMILES string of the molecule is Cc1cc(Nc2ncnc(-c3ccnc(Cl)c3)n2)ccn1. The van der Waals surface area contributed by atoms with Gasteiger partial charge in [0.25, 0.3) is 0 Å². The van der Waals surface area contributed by atoms with Gasteiger partial charge in [-0.2, -0.15) is 4.98 Å². The van der Waals surface area contributed by atoms with Gasteiger partial charge < -0.3 is 5.32 Å². The molecule has 0 atom stereocenters. The lowest BCUT2D eigenvalue weighted by Gasteiger charge is -2.06. The summed E-state index contributed by atoms with van der Waals surface area (Å²) in [6.07, 6.45) is 4.79. The van der Waals surface area contributed by atoms with E-state index in [4.69, 9.17) is 11.6 Å². The van der Waals surface area contributed by atoms with Crippen LogP contribution in [0.15, 0.2) is 43.0 Å². The van der Waals surface area contributed by atoms with Crippen molar-refractivity contribution >= 4 is 23.2 Å². The molecule has 0 saturated carbocycles. The van der Waals surface area contributed by atoms with E-state index in [1.165, 1.54) is 6.33 Å². The van der Waals surface area contributed by atoms with Crippen molar-refractivity contribution in [2.45, 2.75) is 6.92 Å². The van der Waals surface area contributed by atoms with E-state index in [2.05, 4.69) is 30.2 Å². The molecule has 6 nitrogen and oxygen atoms in total. The fraction of sp³-hybridized carbons (Fsp3) is 0.0714. The molecule has 0 aliphatic carbocycles. The maximum absolute atomic E-state index is 5.88. The second kappa shape index (κ2) is 5.80. The number of anilines is 2. The number of nitrogens with one attached hydrogen (secondary N) is 1. The largest absolute Gasteiger partial charge is 0.324 e. The molecule has 0 saturated heterocycles. The average molecular weight is 299 g/mol. The third-order valence-corrected chi connectivity index (χ3v) is 2.92. The van der Waals surface area contributed by atoms with Gasteiger partial charge in [0, 0.05) is 29.3 Å². The molecule has 7 heteroatoms. The Labute approximate surface area is 126 Å².